The lowest BCUT2D eigenvalue weighted by atomic mass is 10.0. The highest BCUT2D eigenvalue weighted by Gasteiger charge is 2.24. The summed E-state index contributed by atoms with van der Waals surface area (Å²) in [6, 6.07) is 4.66. The zero-order valence-corrected chi connectivity index (χ0v) is 10.8. The summed E-state index contributed by atoms with van der Waals surface area (Å²) in [7, 11) is 1.43. The molecule has 0 fully saturated rings. The molecule has 0 aliphatic rings. The highest BCUT2D eigenvalue weighted by atomic mass is 16.7. The van der Waals surface area contributed by atoms with Gasteiger partial charge < -0.3 is 19.3 Å². The summed E-state index contributed by atoms with van der Waals surface area (Å²) in [5, 5.41) is 9.24. The number of hydrogen-bond acceptors (Lipinski definition) is 6. The van der Waals surface area contributed by atoms with Crippen molar-refractivity contribution in [2.24, 2.45) is 0 Å². The number of ketones is 1. The minimum Gasteiger partial charge on any atom is -0.467 e. The maximum absolute atomic E-state index is 12.0. The van der Waals surface area contributed by atoms with Crippen LogP contribution in [-0.2, 0) is 20.9 Å². The third kappa shape index (κ3) is 3.77. The molecule has 19 heavy (non-hydrogen) atoms. The fourth-order valence-electron chi connectivity index (χ4n) is 1.51. The first-order chi connectivity index (χ1) is 9.15. The molecule has 0 aliphatic carbocycles. The standard InChI is InChI=1S/C13H16O6/c1-3-18-13(16)12(15)11-9(7-14)5-4-6-10(11)19-8-17-2/h4-6,14H,3,7-8H2,1-2H3. The number of aliphatic hydroxyl groups is 1. The average Bonchev–Trinajstić information content (AvgIpc) is 2.43. The Labute approximate surface area is 110 Å². The highest BCUT2D eigenvalue weighted by molar-refractivity contribution is 6.41. The first-order valence-corrected chi connectivity index (χ1v) is 5.71. The quantitative estimate of drug-likeness (QED) is 0.342. The number of hydrogen-bond donors (Lipinski definition) is 1. The fraction of sp³-hybridized carbons (Fsp3) is 0.385. The number of aliphatic hydroxyl groups excluding tert-OH is 1. The normalized spacial score (nSPS) is 10.1. The van der Waals surface area contributed by atoms with Crippen LogP contribution in [0.5, 0.6) is 5.75 Å². The van der Waals surface area contributed by atoms with Crippen LogP contribution < -0.4 is 4.74 Å². The second kappa shape index (κ2) is 7.50. The zero-order valence-electron chi connectivity index (χ0n) is 10.8. The lowest BCUT2D eigenvalue weighted by Gasteiger charge is -2.12. The van der Waals surface area contributed by atoms with Crippen LogP contribution >= 0.6 is 0 Å². The minimum atomic E-state index is -0.981. The molecular formula is C13H16O6. The minimum absolute atomic E-state index is 0.000463. The molecule has 1 N–H and O–H groups in total. The Morgan fingerprint density at radius 3 is 2.63 bits per heavy atom. The average molecular weight is 268 g/mol. The predicted molar refractivity (Wildman–Crippen MR) is 65.8 cm³/mol. The van der Waals surface area contributed by atoms with E-state index >= 15 is 0 Å². The van der Waals surface area contributed by atoms with E-state index in [1.54, 1.807) is 13.0 Å². The van der Waals surface area contributed by atoms with Crippen LogP contribution in [0.25, 0.3) is 0 Å². The number of benzene rings is 1. The van der Waals surface area contributed by atoms with E-state index in [0.717, 1.165) is 0 Å². The van der Waals surface area contributed by atoms with E-state index in [1.165, 1.54) is 19.2 Å². The Morgan fingerprint density at radius 1 is 1.32 bits per heavy atom. The molecule has 6 heteroatoms. The summed E-state index contributed by atoms with van der Waals surface area (Å²) in [5.41, 5.74) is 0.298. The van der Waals surface area contributed by atoms with Gasteiger partial charge in [-0.3, -0.25) is 4.79 Å². The summed E-state index contributed by atoms with van der Waals surface area (Å²) < 4.78 is 14.6. The van der Waals surface area contributed by atoms with E-state index in [4.69, 9.17) is 9.47 Å². The third-order valence-corrected chi connectivity index (χ3v) is 2.30. The number of ether oxygens (including phenoxy) is 3. The molecule has 6 nitrogen and oxygen atoms in total. The van der Waals surface area contributed by atoms with Crippen molar-refractivity contribution >= 4 is 11.8 Å². The van der Waals surface area contributed by atoms with Crippen molar-refractivity contribution in [3.05, 3.63) is 29.3 Å². The van der Waals surface area contributed by atoms with Gasteiger partial charge in [-0.05, 0) is 18.6 Å². The third-order valence-electron chi connectivity index (χ3n) is 2.30. The SMILES string of the molecule is CCOC(=O)C(=O)c1c(CO)cccc1OCOC. The van der Waals surface area contributed by atoms with E-state index in [0.29, 0.717) is 5.56 Å². The van der Waals surface area contributed by atoms with Crippen molar-refractivity contribution in [1.82, 2.24) is 0 Å². The van der Waals surface area contributed by atoms with Gasteiger partial charge in [0.2, 0.25) is 0 Å². The number of carbonyl (C=O) groups is 2. The summed E-state index contributed by atoms with van der Waals surface area (Å²) >= 11 is 0. The van der Waals surface area contributed by atoms with Gasteiger partial charge in [0.05, 0.1) is 18.8 Å². The number of carbonyl (C=O) groups excluding carboxylic acids is 2. The fourth-order valence-corrected chi connectivity index (χ4v) is 1.51. The molecule has 0 saturated carbocycles. The molecule has 104 valence electrons. The first-order valence-electron chi connectivity index (χ1n) is 5.71. The van der Waals surface area contributed by atoms with E-state index in [2.05, 4.69) is 4.74 Å². The Hall–Kier alpha value is -1.92. The number of rotatable bonds is 7. The number of methoxy groups -OCH3 is 1. The molecular weight excluding hydrogens is 252 g/mol. The molecule has 0 unspecified atom stereocenters. The summed E-state index contributed by atoms with van der Waals surface area (Å²) in [6.07, 6.45) is 0. The van der Waals surface area contributed by atoms with Crippen molar-refractivity contribution in [3.63, 3.8) is 0 Å². The lowest BCUT2D eigenvalue weighted by molar-refractivity contribution is -0.137. The van der Waals surface area contributed by atoms with Crippen LogP contribution in [0.15, 0.2) is 18.2 Å². The topological polar surface area (TPSA) is 82.1 Å². The molecule has 0 aliphatic heterocycles. The Bertz CT molecular complexity index is 454. The van der Waals surface area contributed by atoms with Crippen molar-refractivity contribution in [1.29, 1.82) is 0 Å². The molecule has 0 bridgehead atoms. The summed E-state index contributed by atoms with van der Waals surface area (Å²) in [4.78, 5) is 23.5. The van der Waals surface area contributed by atoms with Gasteiger partial charge >= 0.3 is 5.97 Å². The molecule has 0 amide bonds. The molecule has 0 aromatic heterocycles. The Balaban J connectivity index is 3.13. The summed E-state index contributed by atoms with van der Waals surface area (Å²) in [6.45, 7) is 1.24. The van der Waals surface area contributed by atoms with Crippen molar-refractivity contribution < 1.29 is 28.9 Å². The summed E-state index contributed by atoms with van der Waals surface area (Å²) in [5.74, 6) is -1.66. The van der Waals surface area contributed by atoms with Gasteiger partial charge in [0.25, 0.3) is 5.78 Å². The molecule has 0 radical (unpaired) electrons. The van der Waals surface area contributed by atoms with Gasteiger partial charge in [-0.2, -0.15) is 0 Å². The van der Waals surface area contributed by atoms with Gasteiger partial charge in [-0.25, -0.2) is 4.79 Å². The Morgan fingerprint density at radius 2 is 2.05 bits per heavy atom. The second-order valence-corrected chi connectivity index (χ2v) is 3.55. The van der Waals surface area contributed by atoms with Gasteiger partial charge in [0, 0.05) is 7.11 Å². The maximum atomic E-state index is 12.0. The first kappa shape index (κ1) is 15.1. The largest absolute Gasteiger partial charge is 0.467 e. The van der Waals surface area contributed by atoms with E-state index in [1.807, 2.05) is 0 Å². The van der Waals surface area contributed by atoms with Gasteiger partial charge in [-0.15, -0.1) is 0 Å². The van der Waals surface area contributed by atoms with Crippen molar-refractivity contribution in [3.8, 4) is 5.75 Å². The van der Waals surface area contributed by atoms with Gasteiger partial charge in [0.1, 0.15) is 5.75 Å². The molecule has 1 aromatic carbocycles. The molecule has 0 atom stereocenters. The number of esters is 1. The molecule has 0 heterocycles. The molecule has 0 saturated heterocycles. The monoisotopic (exact) mass is 268 g/mol. The van der Waals surface area contributed by atoms with Crippen LogP contribution in [0.4, 0.5) is 0 Å². The van der Waals surface area contributed by atoms with E-state index < -0.39 is 11.8 Å². The Kier molecular flexibility index (Phi) is 5.98. The molecule has 0 spiro atoms. The van der Waals surface area contributed by atoms with Crippen LogP contribution in [0, 0.1) is 0 Å². The van der Waals surface area contributed by atoms with Crippen LogP contribution in [0.3, 0.4) is 0 Å². The zero-order chi connectivity index (χ0) is 14.3. The smallest absolute Gasteiger partial charge is 0.379 e. The maximum Gasteiger partial charge on any atom is 0.379 e. The van der Waals surface area contributed by atoms with Crippen LogP contribution in [0.1, 0.15) is 22.8 Å². The van der Waals surface area contributed by atoms with Gasteiger partial charge in [-0.1, -0.05) is 12.1 Å². The second-order valence-electron chi connectivity index (χ2n) is 3.55. The number of Topliss-reactive ketones (excluding diaryl/α,β-unsaturated/α-hetero) is 1. The van der Waals surface area contributed by atoms with Gasteiger partial charge in [0.15, 0.2) is 6.79 Å². The lowest BCUT2D eigenvalue weighted by Crippen LogP contribution is -2.20. The molecule has 1 aromatic rings. The van der Waals surface area contributed by atoms with Crippen LogP contribution in [-0.4, -0.2) is 37.4 Å². The molecule has 1 rings (SSSR count). The van der Waals surface area contributed by atoms with E-state index in [9.17, 15) is 14.7 Å². The van der Waals surface area contributed by atoms with Crippen molar-refractivity contribution in [2.75, 3.05) is 20.5 Å². The van der Waals surface area contributed by atoms with Crippen LogP contribution in [0.2, 0.25) is 0 Å². The highest BCUT2D eigenvalue weighted by Crippen LogP contribution is 2.24. The van der Waals surface area contributed by atoms with E-state index in [-0.39, 0.29) is 31.3 Å². The van der Waals surface area contributed by atoms with Crippen molar-refractivity contribution in [2.45, 2.75) is 13.5 Å². The predicted octanol–water partition coefficient (Wildman–Crippen LogP) is 0.907.